The molecule has 0 aromatic rings. The van der Waals surface area contributed by atoms with E-state index in [4.69, 9.17) is 0 Å². The molecule has 0 bridgehead atoms. The highest BCUT2D eigenvalue weighted by molar-refractivity contribution is 5.85. The minimum atomic E-state index is -0.810. The highest BCUT2D eigenvalue weighted by Crippen LogP contribution is 2.39. The quantitative estimate of drug-likeness (QED) is 0.777. The van der Waals surface area contributed by atoms with E-state index >= 15 is 0 Å². The van der Waals surface area contributed by atoms with Crippen LogP contribution < -0.4 is 5.32 Å². The molecule has 1 aliphatic heterocycles. The van der Waals surface area contributed by atoms with Crippen molar-refractivity contribution in [1.82, 2.24) is 10.2 Å². The van der Waals surface area contributed by atoms with Crippen molar-refractivity contribution in [3.8, 4) is 0 Å². The number of carboxylic acids is 1. The second kappa shape index (κ2) is 7.07. The van der Waals surface area contributed by atoms with Crippen LogP contribution in [0.5, 0.6) is 0 Å². The van der Waals surface area contributed by atoms with E-state index in [1.165, 1.54) is 12.8 Å². The fourth-order valence-corrected chi connectivity index (χ4v) is 3.42. The zero-order valence-corrected chi connectivity index (χ0v) is 12.2. The molecule has 1 saturated heterocycles. The minimum Gasteiger partial charge on any atom is -0.481 e. The summed E-state index contributed by atoms with van der Waals surface area (Å²) >= 11 is 0. The van der Waals surface area contributed by atoms with Gasteiger partial charge in [-0.1, -0.05) is 19.3 Å². The fraction of sp³-hybridized carbons (Fsp3) is 0.867. The summed E-state index contributed by atoms with van der Waals surface area (Å²) in [5.41, 5.74) is -0.810. The van der Waals surface area contributed by atoms with Gasteiger partial charge < -0.3 is 15.3 Å². The van der Waals surface area contributed by atoms with Crippen LogP contribution >= 0.6 is 0 Å². The van der Waals surface area contributed by atoms with E-state index in [1.54, 1.807) is 0 Å². The number of aliphatic carboxylic acids is 1. The number of carbonyl (C=O) groups excluding carboxylic acids is 1. The van der Waals surface area contributed by atoms with E-state index < -0.39 is 11.4 Å². The van der Waals surface area contributed by atoms with Crippen molar-refractivity contribution in [3.63, 3.8) is 0 Å². The molecule has 0 atom stereocenters. The summed E-state index contributed by atoms with van der Waals surface area (Å²) in [5.74, 6) is -0.902. The zero-order valence-electron chi connectivity index (χ0n) is 12.2. The molecule has 1 amide bonds. The largest absolute Gasteiger partial charge is 0.481 e. The molecule has 2 N–H and O–H groups in total. The summed E-state index contributed by atoms with van der Waals surface area (Å²) in [6.45, 7) is 3.75. The van der Waals surface area contributed by atoms with Crippen LogP contribution in [0.2, 0.25) is 0 Å². The predicted octanol–water partition coefficient (Wildman–Crippen LogP) is 1.62. The summed E-state index contributed by atoms with van der Waals surface area (Å²) < 4.78 is 0. The molecule has 2 fully saturated rings. The first-order valence-electron chi connectivity index (χ1n) is 7.85. The van der Waals surface area contributed by atoms with Gasteiger partial charge in [0.1, 0.15) is 0 Å². The Labute approximate surface area is 120 Å². The highest BCUT2D eigenvalue weighted by atomic mass is 16.4. The van der Waals surface area contributed by atoms with Crippen LogP contribution in [0.4, 0.5) is 0 Å². The number of hydrogen-bond acceptors (Lipinski definition) is 3. The number of likely N-dealkylation sites (tertiary alicyclic amines) is 1. The van der Waals surface area contributed by atoms with Gasteiger partial charge in [0.25, 0.3) is 0 Å². The smallest absolute Gasteiger partial charge is 0.310 e. The summed E-state index contributed by atoms with van der Waals surface area (Å²) in [4.78, 5) is 25.8. The lowest BCUT2D eigenvalue weighted by Crippen LogP contribution is -2.41. The monoisotopic (exact) mass is 282 g/mol. The maximum atomic E-state index is 12.0. The van der Waals surface area contributed by atoms with Gasteiger partial charge in [-0.05, 0) is 38.8 Å². The Morgan fingerprint density at radius 2 is 1.70 bits per heavy atom. The summed E-state index contributed by atoms with van der Waals surface area (Å²) in [6.07, 6.45) is 6.85. The molecule has 0 radical (unpaired) electrons. The SMILES string of the molecule is O=C(CC1(C(=O)O)CCCCC1)NCCN1CCCC1. The van der Waals surface area contributed by atoms with Gasteiger partial charge in [0, 0.05) is 19.5 Å². The molecule has 5 nitrogen and oxygen atoms in total. The van der Waals surface area contributed by atoms with E-state index in [2.05, 4.69) is 10.2 Å². The third kappa shape index (κ3) is 3.95. The molecular weight excluding hydrogens is 256 g/mol. The number of nitrogens with zero attached hydrogens (tertiary/aromatic N) is 1. The van der Waals surface area contributed by atoms with Crippen LogP contribution in [-0.2, 0) is 9.59 Å². The van der Waals surface area contributed by atoms with Gasteiger partial charge >= 0.3 is 5.97 Å². The third-order valence-electron chi connectivity index (χ3n) is 4.71. The molecule has 20 heavy (non-hydrogen) atoms. The van der Waals surface area contributed by atoms with Gasteiger partial charge in [-0.25, -0.2) is 0 Å². The summed E-state index contributed by atoms with van der Waals surface area (Å²) in [6, 6.07) is 0. The summed E-state index contributed by atoms with van der Waals surface area (Å²) in [5, 5.41) is 12.3. The maximum absolute atomic E-state index is 12.0. The number of hydrogen-bond donors (Lipinski definition) is 2. The van der Waals surface area contributed by atoms with Crippen molar-refractivity contribution in [2.75, 3.05) is 26.2 Å². The van der Waals surface area contributed by atoms with Gasteiger partial charge in [0.2, 0.25) is 5.91 Å². The van der Waals surface area contributed by atoms with Crippen LogP contribution in [0.3, 0.4) is 0 Å². The normalized spacial score (nSPS) is 22.6. The zero-order chi connectivity index (χ0) is 14.4. The Morgan fingerprint density at radius 3 is 2.30 bits per heavy atom. The van der Waals surface area contributed by atoms with Crippen molar-refractivity contribution < 1.29 is 14.7 Å². The first kappa shape index (κ1) is 15.3. The van der Waals surface area contributed by atoms with Crippen LogP contribution in [0.1, 0.15) is 51.4 Å². The van der Waals surface area contributed by atoms with Gasteiger partial charge in [-0.3, -0.25) is 9.59 Å². The van der Waals surface area contributed by atoms with Gasteiger partial charge in [0.15, 0.2) is 0 Å². The Bertz CT molecular complexity index is 345. The molecule has 5 heteroatoms. The standard InChI is InChI=1S/C15H26N2O3/c18-13(16-8-11-17-9-4-5-10-17)12-15(14(19)20)6-2-1-3-7-15/h1-12H2,(H,16,18)(H,19,20). The fourth-order valence-electron chi connectivity index (χ4n) is 3.42. The Kier molecular flexibility index (Phi) is 5.40. The van der Waals surface area contributed by atoms with Crippen LogP contribution in [0.15, 0.2) is 0 Å². The highest BCUT2D eigenvalue weighted by Gasteiger charge is 2.41. The lowest BCUT2D eigenvalue weighted by molar-refractivity contribution is -0.154. The molecule has 1 heterocycles. The Balaban J connectivity index is 1.75. The van der Waals surface area contributed by atoms with Gasteiger partial charge in [0.05, 0.1) is 5.41 Å². The Hall–Kier alpha value is -1.10. The van der Waals surface area contributed by atoms with Crippen molar-refractivity contribution in [1.29, 1.82) is 0 Å². The number of rotatable bonds is 6. The second-order valence-corrected chi connectivity index (χ2v) is 6.22. The van der Waals surface area contributed by atoms with Crippen molar-refractivity contribution in [2.45, 2.75) is 51.4 Å². The van der Waals surface area contributed by atoms with E-state index in [0.29, 0.717) is 19.4 Å². The van der Waals surface area contributed by atoms with E-state index in [1.807, 2.05) is 0 Å². The third-order valence-corrected chi connectivity index (χ3v) is 4.71. The van der Waals surface area contributed by atoms with Crippen LogP contribution in [0, 0.1) is 5.41 Å². The lowest BCUT2D eigenvalue weighted by atomic mass is 9.71. The van der Waals surface area contributed by atoms with Crippen molar-refractivity contribution in [3.05, 3.63) is 0 Å². The molecule has 1 saturated carbocycles. The molecule has 0 spiro atoms. The second-order valence-electron chi connectivity index (χ2n) is 6.22. The first-order valence-corrected chi connectivity index (χ1v) is 7.85. The molecule has 0 aromatic carbocycles. The number of carboxylic acid groups (broad SMARTS) is 1. The molecule has 0 unspecified atom stereocenters. The average molecular weight is 282 g/mol. The molecule has 1 aliphatic carbocycles. The number of carbonyl (C=O) groups is 2. The topological polar surface area (TPSA) is 69.6 Å². The van der Waals surface area contributed by atoms with Gasteiger partial charge in [-0.15, -0.1) is 0 Å². The molecule has 114 valence electrons. The minimum absolute atomic E-state index is 0.103. The van der Waals surface area contributed by atoms with Crippen LogP contribution in [0.25, 0.3) is 0 Å². The number of nitrogens with one attached hydrogen (secondary N) is 1. The van der Waals surface area contributed by atoms with Crippen LogP contribution in [-0.4, -0.2) is 48.1 Å². The van der Waals surface area contributed by atoms with E-state index in [0.717, 1.165) is 38.9 Å². The average Bonchev–Trinajstić information content (AvgIpc) is 2.93. The van der Waals surface area contributed by atoms with E-state index in [9.17, 15) is 14.7 Å². The summed E-state index contributed by atoms with van der Waals surface area (Å²) in [7, 11) is 0. The van der Waals surface area contributed by atoms with Crippen molar-refractivity contribution in [2.24, 2.45) is 5.41 Å². The van der Waals surface area contributed by atoms with Gasteiger partial charge in [-0.2, -0.15) is 0 Å². The molecular formula is C15H26N2O3. The van der Waals surface area contributed by atoms with E-state index in [-0.39, 0.29) is 12.3 Å². The maximum Gasteiger partial charge on any atom is 0.310 e. The Morgan fingerprint density at radius 1 is 1.05 bits per heavy atom. The molecule has 2 aliphatic rings. The van der Waals surface area contributed by atoms with Crippen molar-refractivity contribution >= 4 is 11.9 Å². The predicted molar refractivity (Wildman–Crippen MR) is 76.5 cm³/mol. The first-order chi connectivity index (χ1) is 9.62. The molecule has 2 rings (SSSR count). The lowest BCUT2D eigenvalue weighted by Gasteiger charge is -2.32. The number of amides is 1. The molecule has 0 aromatic heterocycles.